The monoisotopic (exact) mass is 207 g/mol. The first-order chi connectivity index (χ1) is 7.16. The fraction of sp³-hybridized carbons (Fsp3) is 0.538. The average Bonchev–Trinajstić information content (AvgIpc) is 2.23. The second-order valence-electron chi connectivity index (χ2n) is 4.71. The van der Waals surface area contributed by atoms with Crippen LogP contribution in [-0.4, -0.2) is 6.04 Å². The molecule has 1 nitrogen and oxygen atoms in total. The topological polar surface area (TPSA) is 26.0 Å². The van der Waals surface area contributed by atoms with Gasteiger partial charge in [0.05, 0.1) is 0 Å². The molecular weight excluding hydrogens is 189 g/mol. The first-order valence-corrected chi connectivity index (χ1v) is 5.68. The zero-order valence-corrected chi connectivity index (χ0v) is 9.12. The van der Waals surface area contributed by atoms with Crippen LogP contribution in [0.5, 0.6) is 0 Å². The molecule has 0 heterocycles. The van der Waals surface area contributed by atoms with Crippen LogP contribution in [0.25, 0.3) is 0 Å². The predicted octanol–water partition coefficient (Wildman–Crippen LogP) is 3.06. The van der Waals surface area contributed by atoms with E-state index in [2.05, 4.69) is 6.92 Å². The van der Waals surface area contributed by atoms with Crippen LogP contribution >= 0.6 is 0 Å². The van der Waals surface area contributed by atoms with Gasteiger partial charge in [0.25, 0.3) is 0 Å². The molecule has 0 amide bonds. The molecule has 0 aromatic heterocycles. The highest BCUT2D eigenvalue weighted by molar-refractivity contribution is 5.22. The molecule has 2 heteroatoms. The SMILES string of the molecule is CC1CCC(N)CC1c1ccc(F)cc1. The van der Waals surface area contributed by atoms with Crippen molar-refractivity contribution in [2.75, 3.05) is 0 Å². The third kappa shape index (κ3) is 2.37. The molecule has 3 atom stereocenters. The third-order valence-corrected chi connectivity index (χ3v) is 3.53. The number of nitrogens with two attached hydrogens (primary N) is 1. The first kappa shape index (κ1) is 10.6. The van der Waals surface area contributed by atoms with Crippen LogP contribution in [0, 0.1) is 11.7 Å². The molecule has 1 aromatic carbocycles. The molecular formula is C13H18FN. The molecule has 1 fully saturated rings. The van der Waals surface area contributed by atoms with E-state index in [9.17, 15) is 4.39 Å². The lowest BCUT2D eigenvalue weighted by Crippen LogP contribution is -2.31. The van der Waals surface area contributed by atoms with Crippen LogP contribution in [-0.2, 0) is 0 Å². The maximum absolute atomic E-state index is 12.8. The standard InChI is InChI=1S/C13H18FN/c1-9-2-7-12(15)8-13(9)10-3-5-11(14)6-4-10/h3-6,9,12-13H,2,7-8,15H2,1H3. The highest BCUT2D eigenvalue weighted by atomic mass is 19.1. The van der Waals surface area contributed by atoms with Crippen molar-refractivity contribution in [1.82, 2.24) is 0 Å². The fourth-order valence-electron chi connectivity index (χ4n) is 2.53. The van der Waals surface area contributed by atoms with E-state index in [1.807, 2.05) is 12.1 Å². The minimum atomic E-state index is -0.161. The summed E-state index contributed by atoms with van der Waals surface area (Å²) in [6, 6.07) is 7.20. The molecule has 0 spiro atoms. The van der Waals surface area contributed by atoms with E-state index in [1.54, 1.807) is 12.1 Å². The molecule has 0 aliphatic heterocycles. The number of halogens is 1. The third-order valence-electron chi connectivity index (χ3n) is 3.53. The Balaban J connectivity index is 2.17. The number of hydrogen-bond acceptors (Lipinski definition) is 1. The predicted molar refractivity (Wildman–Crippen MR) is 60.1 cm³/mol. The molecule has 2 rings (SSSR count). The van der Waals surface area contributed by atoms with Crippen molar-refractivity contribution in [3.63, 3.8) is 0 Å². The van der Waals surface area contributed by atoms with Gasteiger partial charge in [-0.15, -0.1) is 0 Å². The van der Waals surface area contributed by atoms with E-state index in [0.29, 0.717) is 17.9 Å². The first-order valence-electron chi connectivity index (χ1n) is 5.68. The summed E-state index contributed by atoms with van der Waals surface area (Å²) in [6.07, 6.45) is 3.34. The van der Waals surface area contributed by atoms with Crippen LogP contribution in [0.1, 0.15) is 37.7 Å². The van der Waals surface area contributed by atoms with Crippen molar-refractivity contribution in [2.24, 2.45) is 11.7 Å². The van der Waals surface area contributed by atoms with Gasteiger partial charge in [-0.25, -0.2) is 4.39 Å². The molecule has 1 aliphatic rings. The largest absolute Gasteiger partial charge is 0.328 e. The van der Waals surface area contributed by atoms with Gasteiger partial charge in [-0.2, -0.15) is 0 Å². The summed E-state index contributed by atoms with van der Waals surface area (Å²) in [5.41, 5.74) is 7.22. The molecule has 0 radical (unpaired) electrons. The van der Waals surface area contributed by atoms with E-state index in [1.165, 1.54) is 12.0 Å². The van der Waals surface area contributed by atoms with Crippen LogP contribution in [0.3, 0.4) is 0 Å². The molecule has 3 unspecified atom stereocenters. The summed E-state index contributed by atoms with van der Waals surface area (Å²) in [7, 11) is 0. The van der Waals surface area contributed by atoms with Crippen molar-refractivity contribution in [1.29, 1.82) is 0 Å². The Kier molecular flexibility index (Phi) is 3.06. The normalized spacial score (nSPS) is 31.5. The van der Waals surface area contributed by atoms with Gasteiger partial charge in [-0.3, -0.25) is 0 Å². The minimum absolute atomic E-state index is 0.161. The maximum Gasteiger partial charge on any atom is 0.123 e. The Morgan fingerprint density at radius 3 is 2.53 bits per heavy atom. The van der Waals surface area contributed by atoms with E-state index in [4.69, 9.17) is 5.73 Å². The number of hydrogen-bond donors (Lipinski definition) is 1. The fourth-order valence-corrected chi connectivity index (χ4v) is 2.53. The molecule has 1 saturated carbocycles. The molecule has 0 saturated heterocycles. The highest BCUT2D eigenvalue weighted by Crippen LogP contribution is 2.36. The molecule has 1 aliphatic carbocycles. The van der Waals surface area contributed by atoms with Gasteiger partial charge in [0.1, 0.15) is 5.82 Å². The second-order valence-corrected chi connectivity index (χ2v) is 4.71. The summed E-state index contributed by atoms with van der Waals surface area (Å²) in [6.45, 7) is 2.26. The van der Waals surface area contributed by atoms with Crippen molar-refractivity contribution < 1.29 is 4.39 Å². The smallest absolute Gasteiger partial charge is 0.123 e. The van der Waals surface area contributed by atoms with E-state index < -0.39 is 0 Å². The molecule has 2 N–H and O–H groups in total. The van der Waals surface area contributed by atoms with Gasteiger partial charge in [-0.05, 0) is 48.8 Å². The van der Waals surface area contributed by atoms with Crippen LogP contribution in [0.4, 0.5) is 4.39 Å². The Bertz CT molecular complexity index is 320. The van der Waals surface area contributed by atoms with Gasteiger partial charge >= 0.3 is 0 Å². The number of benzene rings is 1. The van der Waals surface area contributed by atoms with Crippen LogP contribution in [0.2, 0.25) is 0 Å². The maximum atomic E-state index is 12.8. The molecule has 15 heavy (non-hydrogen) atoms. The summed E-state index contributed by atoms with van der Waals surface area (Å²) in [5, 5.41) is 0. The second kappa shape index (κ2) is 4.31. The van der Waals surface area contributed by atoms with Gasteiger partial charge in [0.2, 0.25) is 0 Å². The Morgan fingerprint density at radius 1 is 1.20 bits per heavy atom. The summed E-state index contributed by atoms with van der Waals surface area (Å²) in [4.78, 5) is 0. The average molecular weight is 207 g/mol. The van der Waals surface area contributed by atoms with Gasteiger partial charge < -0.3 is 5.73 Å². The van der Waals surface area contributed by atoms with Crippen molar-refractivity contribution in [3.05, 3.63) is 35.6 Å². The number of rotatable bonds is 1. The van der Waals surface area contributed by atoms with Crippen LogP contribution < -0.4 is 5.73 Å². The van der Waals surface area contributed by atoms with E-state index in [0.717, 1.165) is 12.8 Å². The summed E-state index contributed by atoms with van der Waals surface area (Å²) in [5.74, 6) is 1.01. The van der Waals surface area contributed by atoms with Crippen molar-refractivity contribution in [3.8, 4) is 0 Å². The van der Waals surface area contributed by atoms with Gasteiger partial charge in [-0.1, -0.05) is 19.1 Å². The lowest BCUT2D eigenvalue weighted by Gasteiger charge is -2.32. The zero-order valence-electron chi connectivity index (χ0n) is 9.12. The zero-order chi connectivity index (χ0) is 10.8. The minimum Gasteiger partial charge on any atom is -0.328 e. The molecule has 0 bridgehead atoms. The molecule has 82 valence electrons. The Morgan fingerprint density at radius 2 is 1.87 bits per heavy atom. The Labute approximate surface area is 90.5 Å². The van der Waals surface area contributed by atoms with Gasteiger partial charge in [0, 0.05) is 6.04 Å². The van der Waals surface area contributed by atoms with Crippen molar-refractivity contribution in [2.45, 2.75) is 38.1 Å². The van der Waals surface area contributed by atoms with Crippen LogP contribution in [0.15, 0.2) is 24.3 Å². The molecule has 1 aromatic rings. The summed E-state index contributed by atoms with van der Waals surface area (Å²) >= 11 is 0. The highest BCUT2D eigenvalue weighted by Gasteiger charge is 2.26. The van der Waals surface area contributed by atoms with E-state index >= 15 is 0 Å². The van der Waals surface area contributed by atoms with Gasteiger partial charge in [0.15, 0.2) is 0 Å². The lowest BCUT2D eigenvalue weighted by atomic mass is 9.75. The summed E-state index contributed by atoms with van der Waals surface area (Å²) < 4.78 is 12.8. The van der Waals surface area contributed by atoms with E-state index in [-0.39, 0.29) is 5.82 Å². The Hall–Kier alpha value is -0.890. The van der Waals surface area contributed by atoms with Crippen molar-refractivity contribution >= 4 is 0 Å². The lowest BCUT2D eigenvalue weighted by molar-refractivity contribution is 0.300. The quantitative estimate of drug-likeness (QED) is 0.752.